The van der Waals surface area contributed by atoms with Crippen LogP contribution < -0.4 is 4.18 Å². The Labute approximate surface area is 132 Å². The summed E-state index contributed by atoms with van der Waals surface area (Å²) in [6.45, 7) is 1.86. The normalized spacial score (nSPS) is 11.1. The van der Waals surface area contributed by atoms with Crippen molar-refractivity contribution in [1.82, 2.24) is 0 Å². The van der Waals surface area contributed by atoms with E-state index in [4.69, 9.17) is 4.18 Å². The predicted octanol–water partition coefficient (Wildman–Crippen LogP) is 3.34. The molecule has 0 atom stereocenters. The first-order valence-electron chi connectivity index (χ1n) is 6.13. The van der Waals surface area contributed by atoms with Gasteiger partial charge in [-0.25, -0.2) is 0 Å². The molecule has 0 spiro atoms. The molecule has 0 aliphatic heterocycles. The van der Waals surface area contributed by atoms with Crippen LogP contribution in [0.5, 0.6) is 5.75 Å². The van der Waals surface area contributed by atoms with Gasteiger partial charge in [-0.05, 0) is 31.2 Å². The lowest BCUT2D eigenvalue weighted by atomic mass is 10.1. The van der Waals surface area contributed by atoms with Crippen LogP contribution in [0.3, 0.4) is 0 Å². The Hall–Kier alpha value is -1.66. The molecule has 0 aliphatic rings. The summed E-state index contributed by atoms with van der Waals surface area (Å²) in [6, 6.07) is 12.6. The molecule has 0 aliphatic carbocycles. The van der Waals surface area contributed by atoms with Crippen LogP contribution >= 0.6 is 15.9 Å². The van der Waals surface area contributed by atoms with E-state index in [-0.39, 0.29) is 27.3 Å². The van der Waals surface area contributed by atoms with Gasteiger partial charge in [-0.2, -0.15) is 8.42 Å². The predicted molar refractivity (Wildman–Crippen MR) is 83.6 cm³/mol. The Morgan fingerprint density at radius 2 is 1.71 bits per heavy atom. The molecule has 21 heavy (non-hydrogen) atoms. The number of aryl methyl sites for hydroxylation is 1. The second-order valence-corrected chi connectivity index (χ2v) is 6.51. The molecule has 2 rings (SSSR count). The van der Waals surface area contributed by atoms with E-state index in [1.807, 2.05) is 6.92 Å². The highest BCUT2D eigenvalue weighted by molar-refractivity contribution is 9.09. The van der Waals surface area contributed by atoms with Gasteiger partial charge in [-0.3, -0.25) is 4.79 Å². The minimum atomic E-state index is -3.96. The molecule has 0 saturated carbocycles. The number of halogens is 1. The molecule has 4 nitrogen and oxygen atoms in total. The van der Waals surface area contributed by atoms with Crippen LogP contribution in [0.2, 0.25) is 0 Å². The van der Waals surface area contributed by atoms with Crippen LogP contribution in [0, 0.1) is 6.92 Å². The lowest BCUT2D eigenvalue weighted by molar-refractivity contribution is 0.102. The lowest BCUT2D eigenvalue weighted by Crippen LogP contribution is -2.12. The molecule has 0 unspecified atom stereocenters. The minimum absolute atomic E-state index is 0.0301. The summed E-state index contributed by atoms with van der Waals surface area (Å²) in [6.07, 6.45) is 0. The third kappa shape index (κ3) is 3.71. The summed E-state index contributed by atoms with van der Waals surface area (Å²) in [4.78, 5) is 11.8. The Kier molecular flexibility index (Phi) is 4.80. The van der Waals surface area contributed by atoms with E-state index in [0.717, 1.165) is 5.56 Å². The average molecular weight is 369 g/mol. The number of carbonyl (C=O) groups excluding carboxylic acids is 1. The van der Waals surface area contributed by atoms with Gasteiger partial charge in [0.25, 0.3) is 0 Å². The molecule has 0 radical (unpaired) electrons. The van der Waals surface area contributed by atoms with Crippen LogP contribution in [0.4, 0.5) is 0 Å². The smallest absolute Gasteiger partial charge is 0.339 e. The maximum Gasteiger partial charge on any atom is 0.339 e. The largest absolute Gasteiger partial charge is 0.378 e. The topological polar surface area (TPSA) is 60.4 Å². The van der Waals surface area contributed by atoms with E-state index < -0.39 is 10.1 Å². The van der Waals surface area contributed by atoms with E-state index >= 15 is 0 Å². The second kappa shape index (κ2) is 6.41. The number of benzene rings is 2. The van der Waals surface area contributed by atoms with Crippen molar-refractivity contribution in [3.05, 3.63) is 59.7 Å². The molecule has 2 aromatic rings. The van der Waals surface area contributed by atoms with Crippen molar-refractivity contribution in [1.29, 1.82) is 0 Å². The van der Waals surface area contributed by atoms with Crippen molar-refractivity contribution in [3.63, 3.8) is 0 Å². The van der Waals surface area contributed by atoms with Gasteiger partial charge in [-0.1, -0.05) is 45.8 Å². The van der Waals surface area contributed by atoms with Crippen molar-refractivity contribution >= 4 is 31.8 Å². The molecule has 2 aromatic carbocycles. The monoisotopic (exact) mass is 368 g/mol. The molecular formula is C15H13BrO4S. The van der Waals surface area contributed by atoms with Crippen LogP contribution in [0.1, 0.15) is 15.9 Å². The number of rotatable bonds is 5. The Morgan fingerprint density at radius 1 is 1.10 bits per heavy atom. The number of carbonyl (C=O) groups is 1. The summed E-state index contributed by atoms with van der Waals surface area (Å²) in [5, 5.41) is 0.0952. The van der Waals surface area contributed by atoms with E-state index in [2.05, 4.69) is 15.9 Å². The Balaban J connectivity index is 2.37. The number of para-hydroxylation sites is 1. The van der Waals surface area contributed by atoms with Gasteiger partial charge in [0.1, 0.15) is 4.90 Å². The third-order valence-corrected chi connectivity index (χ3v) is 4.58. The van der Waals surface area contributed by atoms with Gasteiger partial charge in [0.2, 0.25) is 0 Å². The van der Waals surface area contributed by atoms with E-state index in [1.165, 1.54) is 24.3 Å². The number of hydrogen-bond acceptors (Lipinski definition) is 4. The molecule has 110 valence electrons. The van der Waals surface area contributed by atoms with E-state index in [9.17, 15) is 13.2 Å². The summed E-state index contributed by atoms with van der Waals surface area (Å²) in [5.74, 6) is -0.216. The van der Waals surface area contributed by atoms with Crippen molar-refractivity contribution in [3.8, 4) is 5.75 Å². The van der Waals surface area contributed by atoms with Gasteiger partial charge in [-0.15, -0.1) is 0 Å². The molecular weight excluding hydrogens is 356 g/mol. The first-order valence-corrected chi connectivity index (χ1v) is 8.66. The summed E-state index contributed by atoms with van der Waals surface area (Å²) < 4.78 is 29.6. The molecule has 0 bridgehead atoms. The molecule has 0 heterocycles. The standard InChI is InChI=1S/C15H13BrO4S/c1-11-6-8-12(9-7-11)21(18,19)20-15-5-3-2-4-13(15)14(17)10-16/h2-9H,10H2,1H3. The quantitative estimate of drug-likeness (QED) is 0.461. The number of ketones is 1. The highest BCUT2D eigenvalue weighted by Crippen LogP contribution is 2.24. The van der Waals surface area contributed by atoms with Crippen LogP contribution in [-0.2, 0) is 10.1 Å². The van der Waals surface area contributed by atoms with Crippen molar-refractivity contribution in [2.24, 2.45) is 0 Å². The average Bonchev–Trinajstić information content (AvgIpc) is 2.47. The van der Waals surface area contributed by atoms with Crippen LogP contribution in [-0.4, -0.2) is 19.5 Å². The zero-order valence-corrected chi connectivity index (χ0v) is 13.6. The molecule has 6 heteroatoms. The highest BCUT2D eigenvalue weighted by atomic mass is 79.9. The third-order valence-electron chi connectivity index (χ3n) is 2.82. The number of hydrogen-bond donors (Lipinski definition) is 0. The van der Waals surface area contributed by atoms with Crippen LogP contribution in [0.25, 0.3) is 0 Å². The molecule has 0 aromatic heterocycles. The van der Waals surface area contributed by atoms with Crippen molar-refractivity contribution < 1.29 is 17.4 Å². The first-order chi connectivity index (χ1) is 9.94. The first kappa shape index (κ1) is 15.7. The minimum Gasteiger partial charge on any atom is -0.378 e. The number of alkyl halides is 1. The fourth-order valence-electron chi connectivity index (χ4n) is 1.71. The molecule has 0 fully saturated rings. The lowest BCUT2D eigenvalue weighted by Gasteiger charge is -2.10. The second-order valence-electron chi connectivity index (χ2n) is 4.40. The molecule has 0 saturated heterocycles. The van der Waals surface area contributed by atoms with Crippen molar-refractivity contribution in [2.75, 3.05) is 5.33 Å². The van der Waals surface area contributed by atoms with Crippen LogP contribution in [0.15, 0.2) is 53.4 Å². The SMILES string of the molecule is Cc1ccc(S(=O)(=O)Oc2ccccc2C(=O)CBr)cc1. The van der Waals surface area contributed by atoms with Gasteiger partial charge < -0.3 is 4.18 Å². The zero-order valence-electron chi connectivity index (χ0n) is 11.2. The fraction of sp³-hybridized carbons (Fsp3) is 0.133. The van der Waals surface area contributed by atoms with Gasteiger partial charge >= 0.3 is 10.1 Å². The Bertz CT molecular complexity index is 751. The van der Waals surface area contributed by atoms with Gasteiger partial charge in [0, 0.05) is 0 Å². The Morgan fingerprint density at radius 3 is 2.33 bits per heavy atom. The van der Waals surface area contributed by atoms with Gasteiger partial charge in [0.05, 0.1) is 10.9 Å². The maximum atomic E-state index is 12.2. The van der Waals surface area contributed by atoms with Gasteiger partial charge in [0.15, 0.2) is 11.5 Å². The highest BCUT2D eigenvalue weighted by Gasteiger charge is 2.20. The number of Topliss-reactive ketones (excluding diaryl/α,β-unsaturated/α-hetero) is 1. The van der Waals surface area contributed by atoms with E-state index in [0.29, 0.717) is 0 Å². The molecule has 0 amide bonds. The summed E-state index contributed by atoms with van der Waals surface area (Å²) in [5.41, 5.74) is 1.17. The van der Waals surface area contributed by atoms with E-state index in [1.54, 1.807) is 24.3 Å². The summed E-state index contributed by atoms with van der Waals surface area (Å²) >= 11 is 3.06. The molecule has 0 N–H and O–H groups in total. The summed E-state index contributed by atoms with van der Waals surface area (Å²) in [7, 11) is -3.96. The van der Waals surface area contributed by atoms with Crippen molar-refractivity contribution in [2.45, 2.75) is 11.8 Å². The zero-order chi connectivity index (χ0) is 15.5. The maximum absolute atomic E-state index is 12.2. The fourth-order valence-corrected chi connectivity index (χ4v) is 2.96.